The van der Waals surface area contributed by atoms with E-state index in [0.717, 1.165) is 12.2 Å². The second-order valence-corrected chi connectivity index (χ2v) is 5.31. The van der Waals surface area contributed by atoms with E-state index in [0.29, 0.717) is 18.5 Å². The highest BCUT2D eigenvalue weighted by Gasteiger charge is 2.13. The monoisotopic (exact) mass is 275 g/mol. The van der Waals surface area contributed by atoms with Gasteiger partial charge >= 0.3 is 0 Å². The summed E-state index contributed by atoms with van der Waals surface area (Å²) in [5, 5.41) is 3.33. The summed E-state index contributed by atoms with van der Waals surface area (Å²) in [6.07, 6.45) is 7.21. The number of hydrogen-bond donors (Lipinski definition) is 2. The van der Waals surface area contributed by atoms with Gasteiger partial charge in [0.15, 0.2) is 5.96 Å². The average molecular weight is 275 g/mol. The van der Waals surface area contributed by atoms with E-state index in [1.807, 2.05) is 18.2 Å². The fraction of sp³-hybridized carbons (Fsp3) is 0.562. The summed E-state index contributed by atoms with van der Waals surface area (Å²) in [5.74, 6) is 1.49. The van der Waals surface area contributed by atoms with E-state index in [9.17, 15) is 0 Å². The van der Waals surface area contributed by atoms with Gasteiger partial charge in [-0.3, -0.25) is 4.99 Å². The Bertz CT molecular complexity index is 439. The lowest BCUT2D eigenvalue weighted by molar-refractivity contribution is 0.409. The first-order valence-electron chi connectivity index (χ1n) is 7.48. The van der Waals surface area contributed by atoms with Gasteiger partial charge in [-0.05, 0) is 30.9 Å². The Hall–Kier alpha value is -1.71. The molecule has 0 radical (unpaired) electrons. The van der Waals surface area contributed by atoms with Crippen molar-refractivity contribution in [2.75, 3.05) is 13.7 Å². The molecule has 1 aromatic carbocycles. The van der Waals surface area contributed by atoms with Crippen LogP contribution in [0.3, 0.4) is 0 Å². The molecule has 20 heavy (non-hydrogen) atoms. The van der Waals surface area contributed by atoms with Gasteiger partial charge in [-0.15, -0.1) is 0 Å². The van der Waals surface area contributed by atoms with E-state index in [-0.39, 0.29) is 0 Å². The average Bonchev–Trinajstić information content (AvgIpc) is 2.49. The van der Waals surface area contributed by atoms with Gasteiger partial charge < -0.3 is 15.8 Å². The van der Waals surface area contributed by atoms with E-state index in [1.54, 1.807) is 7.11 Å². The molecular weight excluding hydrogens is 250 g/mol. The first-order valence-corrected chi connectivity index (χ1v) is 7.48. The molecule has 0 bridgehead atoms. The van der Waals surface area contributed by atoms with Crippen LogP contribution in [0.15, 0.2) is 29.3 Å². The number of aliphatic imine (C=N–C) groups is 1. The Morgan fingerprint density at radius 3 is 2.80 bits per heavy atom. The number of nitrogens with one attached hydrogen (secondary N) is 1. The Balaban J connectivity index is 1.79. The maximum Gasteiger partial charge on any atom is 0.188 e. The minimum atomic E-state index is 0.513. The SMILES string of the molecule is COc1ccccc1CCN=C(N)NC1CCCCC1. The molecule has 4 nitrogen and oxygen atoms in total. The highest BCUT2D eigenvalue weighted by molar-refractivity contribution is 5.78. The minimum Gasteiger partial charge on any atom is -0.496 e. The maximum absolute atomic E-state index is 5.95. The third-order valence-electron chi connectivity index (χ3n) is 3.81. The van der Waals surface area contributed by atoms with Crippen LogP contribution >= 0.6 is 0 Å². The Kier molecular flexibility index (Phi) is 5.71. The van der Waals surface area contributed by atoms with Crippen LogP contribution in [0.4, 0.5) is 0 Å². The standard InChI is InChI=1S/C16H25N3O/c1-20-15-10-6-5-7-13(15)11-12-18-16(17)19-14-8-3-2-4-9-14/h5-7,10,14H,2-4,8-9,11-12H2,1H3,(H3,17,18,19). The third kappa shape index (κ3) is 4.44. The van der Waals surface area contributed by atoms with Crippen molar-refractivity contribution >= 4 is 5.96 Å². The quantitative estimate of drug-likeness (QED) is 0.641. The van der Waals surface area contributed by atoms with Crippen molar-refractivity contribution in [3.63, 3.8) is 0 Å². The normalized spacial score (nSPS) is 16.9. The number of rotatable bonds is 5. The molecule has 2 rings (SSSR count). The molecule has 0 saturated heterocycles. The van der Waals surface area contributed by atoms with Crippen molar-refractivity contribution in [3.05, 3.63) is 29.8 Å². The molecule has 1 aromatic rings. The van der Waals surface area contributed by atoms with E-state index in [4.69, 9.17) is 10.5 Å². The lowest BCUT2D eigenvalue weighted by atomic mass is 9.96. The molecule has 0 spiro atoms. The van der Waals surface area contributed by atoms with Crippen LogP contribution in [0.5, 0.6) is 5.75 Å². The van der Waals surface area contributed by atoms with Crippen molar-refractivity contribution < 1.29 is 4.74 Å². The Morgan fingerprint density at radius 2 is 2.05 bits per heavy atom. The van der Waals surface area contributed by atoms with E-state index < -0.39 is 0 Å². The van der Waals surface area contributed by atoms with Gasteiger partial charge in [-0.1, -0.05) is 37.5 Å². The van der Waals surface area contributed by atoms with Gasteiger partial charge in [-0.25, -0.2) is 0 Å². The van der Waals surface area contributed by atoms with E-state index >= 15 is 0 Å². The number of benzene rings is 1. The lowest BCUT2D eigenvalue weighted by Crippen LogP contribution is -2.41. The second-order valence-electron chi connectivity index (χ2n) is 5.31. The number of ether oxygens (including phenoxy) is 1. The molecule has 3 N–H and O–H groups in total. The first-order chi connectivity index (χ1) is 9.79. The van der Waals surface area contributed by atoms with Gasteiger partial charge in [0, 0.05) is 12.6 Å². The molecule has 0 aromatic heterocycles. The Morgan fingerprint density at radius 1 is 1.30 bits per heavy atom. The number of methoxy groups -OCH3 is 1. The van der Waals surface area contributed by atoms with E-state index in [1.165, 1.54) is 37.7 Å². The van der Waals surface area contributed by atoms with Crippen molar-refractivity contribution in [3.8, 4) is 5.75 Å². The van der Waals surface area contributed by atoms with Gasteiger partial charge in [0.1, 0.15) is 5.75 Å². The zero-order chi connectivity index (χ0) is 14.2. The molecule has 1 aliphatic carbocycles. The molecule has 0 atom stereocenters. The van der Waals surface area contributed by atoms with Crippen molar-refractivity contribution in [2.24, 2.45) is 10.7 Å². The molecule has 0 heterocycles. The summed E-state index contributed by atoms with van der Waals surface area (Å²) in [4.78, 5) is 4.42. The maximum atomic E-state index is 5.95. The van der Waals surface area contributed by atoms with Crippen LogP contribution in [-0.4, -0.2) is 25.7 Å². The van der Waals surface area contributed by atoms with Crippen molar-refractivity contribution in [1.29, 1.82) is 0 Å². The van der Waals surface area contributed by atoms with Crippen LogP contribution in [0.2, 0.25) is 0 Å². The smallest absolute Gasteiger partial charge is 0.188 e. The van der Waals surface area contributed by atoms with Gasteiger partial charge in [0.2, 0.25) is 0 Å². The molecule has 4 heteroatoms. The number of nitrogens with two attached hydrogens (primary N) is 1. The summed E-state index contributed by atoms with van der Waals surface area (Å²) in [6.45, 7) is 0.686. The molecule has 0 amide bonds. The van der Waals surface area contributed by atoms with Crippen LogP contribution < -0.4 is 15.8 Å². The molecule has 110 valence electrons. The van der Waals surface area contributed by atoms with Gasteiger partial charge in [0.25, 0.3) is 0 Å². The number of hydrogen-bond acceptors (Lipinski definition) is 2. The topological polar surface area (TPSA) is 59.6 Å². The molecule has 0 unspecified atom stereocenters. The molecule has 0 aliphatic heterocycles. The predicted octanol–water partition coefficient (Wildman–Crippen LogP) is 2.47. The van der Waals surface area contributed by atoms with Crippen LogP contribution in [-0.2, 0) is 6.42 Å². The molecule has 1 fully saturated rings. The molecule has 1 aliphatic rings. The largest absolute Gasteiger partial charge is 0.496 e. The van der Waals surface area contributed by atoms with Crippen LogP contribution in [0, 0.1) is 0 Å². The van der Waals surface area contributed by atoms with E-state index in [2.05, 4.69) is 16.4 Å². The Labute approximate surface area is 121 Å². The minimum absolute atomic E-state index is 0.513. The summed E-state index contributed by atoms with van der Waals surface area (Å²) >= 11 is 0. The van der Waals surface area contributed by atoms with Crippen LogP contribution in [0.25, 0.3) is 0 Å². The zero-order valence-electron chi connectivity index (χ0n) is 12.3. The first kappa shape index (κ1) is 14.7. The lowest BCUT2D eigenvalue weighted by Gasteiger charge is -2.23. The number of para-hydroxylation sites is 1. The number of nitrogens with zero attached hydrogens (tertiary/aromatic N) is 1. The number of guanidine groups is 1. The van der Waals surface area contributed by atoms with Crippen molar-refractivity contribution in [1.82, 2.24) is 5.32 Å². The second kappa shape index (κ2) is 7.78. The summed E-state index contributed by atoms with van der Waals surface area (Å²) in [7, 11) is 1.70. The third-order valence-corrected chi connectivity index (χ3v) is 3.81. The summed E-state index contributed by atoms with van der Waals surface area (Å²) < 4.78 is 5.33. The summed E-state index contributed by atoms with van der Waals surface area (Å²) in [5.41, 5.74) is 7.12. The highest BCUT2D eigenvalue weighted by Crippen LogP contribution is 2.18. The highest BCUT2D eigenvalue weighted by atomic mass is 16.5. The molecule has 1 saturated carbocycles. The fourth-order valence-corrected chi connectivity index (χ4v) is 2.71. The molecular formula is C16H25N3O. The zero-order valence-corrected chi connectivity index (χ0v) is 12.3. The van der Waals surface area contributed by atoms with Gasteiger partial charge in [-0.2, -0.15) is 0 Å². The fourth-order valence-electron chi connectivity index (χ4n) is 2.71. The summed E-state index contributed by atoms with van der Waals surface area (Å²) in [6, 6.07) is 8.55. The predicted molar refractivity (Wildman–Crippen MR) is 83.2 cm³/mol. The van der Waals surface area contributed by atoms with Crippen LogP contribution in [0.1, 0.15) is 37.7 Å². The van der Waals surface area contributed by atoms with Gasteiger partial charge in [0.05, 0.1) is 7.11 Å². The van der Waals surface area contributed by atoms with Crippen molar-refractivity contribution in [2.45, 2.75) is 44.6 Å².